The number of nitrogens with one attached hydrogen (secondary N) is 1. The Morgan fingerprint density at radius 1 is 1.00 bits per heavy atom. The van der Waals surface area contributed by atoms with Crippen molar-refractivity contribution in [1.82, 2.24) is 0 Å². The maximum atomic E-state index is 12.2. The van der Waals surface area contributed by atoms with Crippen LogP contribution in [0.1, 0.15) is 0 Å². The zero-order valence-electron chi connectivity index (χ0n) is 11.7. The van der Waals surface area contributed by atoms with E-state index < -0.39 is 10.0 Å². The van der Waals surface area contributed by atoms with Crippen molar-refractivity contribution in [1.29, 1.82) is 0 Å². The first-order valence-corrected chi connectivity index (χ1v) is 7.90. The van der Waals surface area contributed by atoms with E-state index in [1.54, 1.807) is 61.7 Å². The van der Waals surface area contributed by atoms with Gasteiger partial charge in [-0.3, -0.25) is 4.72 Å². The summed E-state index contributed by atoms with van der Waals surface area (Å²) in [5.74, 6) is 0.584. The number of methoxy groups -OCH3 is 1. The first-order valence-electron chi connectivity index (χ1n) is 6.41. The molecule has 0 heterocycles. The quantitative estimate of drug-likeness (QED) is 0.798. The van der Waals surface area contributed by atoms with Crippen molar-refractivity contribution in [3.05, 3.63) is 54.6 Å². The van der Waals surface area contributed by atoms with Crippen LogP contribution in [0.2, 0.25) is 0 Å². The van der Waals surface area contributed by atoms with Crippen molar-refractivity contribution in [3.63, 3.8) is 0 Å². The highest BCUT2D eigenvalue weighted by molar-refractivity contribution is 7.92. The number of anilines is 1. The maximum absolute atomic E-state index is 12.2. The molecular weight excluding hydrogens is 290 g/mol. The van der Waals surface area contributed by atoms with E-state index in [2.05, 4.69) is 4.72 Å². The van der Waals surface area contributed by atoms with Crippen LogP contribution in [0.3, 0.4) is 0 Å². The van der Waals surface area contributed by atoms with Crippen molar-refractivity contribution >= 4 is 15.7 Å². The van der Waals surface area contributed by atoms with Gasteiger partial charge in [0.05, 0.1) is 17.2 Å². The minimum absolute atomic E-state index is 0.218. The summed E-state index contributed by atoms with van der Waals surface area (Å²) in [6, 6.07) is 15.0. The van der Waals surface area contributed by atoms with E-state index in [0.29, 0.717) is 24.7 Å². The summed E-state index contributed by atoms with van der Waals surface area (Å²) in [6.07, 6.45) is 0. The number of rotatable bonds is 7. The molecule has 0 radical (unpaired) electrons. The van der Waals surface area contributed by atoms with Crippen molar-refractivity contribution in [2.75, 3.05) is 25.0 Å². The van der Waals surface area contributed by atoms with Gasteiger partial charge in [-0.2, -0.15) is 0 Å². The normalized spacial score (nSPS) is 11.1. The Labute approximate surface area is 124 Å². The molecule has 6 heteroatoms. The number of sulfonamides is 1. The Morgan fingerprint density at radius 2 is 1.76 bits per heavy atom. The van der Waals surface area contributed by atoms with E-state index in [9.17, 15) is 8.42 Å². The molecule has 0 aliphatic heterocycles. The van der Waals surface area contributed by atoms with Crippen LogP contribution in [-0.4, -0.2) is 28.7 Å². The molecule has 0 aliphatic carbocycles. The Kier molecular flexibility index (Phi) is 5.19. The van der Waals surface area contributed by atoms with Gasteiger partial charge in [0.15, 0.2) is 0 Å². The van der Waals surface area contributed by atoms with Crippen LogP contribution in [0.15, 0.2) is 59.5 Å². The lowest BCUT2D eigenvalue weighted by Crippen LogP contribution is -2.13. The van der Waals surface area contributed by atoms with Gasteiger partial charge in [-0.25, -0.2) is 8.42 Å². The largest absolute Gasteiger partial charge is 0.491 e. The van der Waals surface area contributed by atoms with E-state index in [4.69, 9.17) is 9.47 Å². The van der Waals surface area contributed by atoms with Gasteiger partial charge in [-0.15, -0.1) is 0 Å². The molecular formula is C15H17NO4S. The average Bonchev–Trinajstić information content (AvgIpc) is 2.48. The number of hydrogen-bond donors (Lipinski definition) is 1. The third-order valence-electron chi connectivity index (χ3n) is 2.70. The first-order chi connectivity index (χ1) is 10.1. The van der Waals surface area contributed by atoms with Crippen LogP contribution in [0.25, 0.3) is 0 Å². The van der Waals surface area contributed by atoms with Gasteiger partial charge in [0, 0.05) is 13.2 Å². The molecule has 0 amide bonds. The van der Waals surface area contributed by atoms with E-state index in [1.165, 1.54) is 0 Å². The van der Waals surface area contributed by atoms with E-state index in [0.717, 1.165) is 0 Å². The smallest absolute Gasteiger partial charge is 0.261 e. The summed E-state index contributed by atoms with van der Waals surface area (Å²) in [6.45, 7) is 0.880. The predicted octanol–water partition coefficient (Wildman–Crippen LogP) is 2.51. The second kappa shape index (κ2) is 7.10. The SMILES string of the molecule is COCCOc1cccc(NS(=O)(=O)c2ccccc2)c1. The third-order valence-corrected chi connectivity index (χ3v) is 4.09. The van der Waals surface area contributed by atoms with E-state index in [-0.39, 0.29) is 4.90 Å². The molecule has 0 saturated heterocycles. The van der Waals surface area contributed by atoms with Crippen molar-refractivity contribution in [2.45, 2.75) is 4.90 Å². The van der Waals surface area contributed by atoms with Gasteiger partial charge in [0.1, 0.15) is 12.4 Å². The highest BCUT2D eigenvalue weighted by atomic mass is 32.2. The Balaban J connectivity index is 2.11. The van der Waals surface area contributed by atoms with Crippen LogP contribution in [0, 0.1) is 0 Å². The molecule has 0 unspecified atom stereocenters. The molecule has 0 aliphatic rings. The third kappa shape index (κ3) is 4.47. The van der Waals surface area contributed by atoms with Crippen LogP contribution in [0.5, 0.6) is 5.75 Å². The van der Waals surface area contributed by atoms with E-state index in [1.807, 2.05) is 0 Å². The zero-order chi connectivity index (χ0) is 15.1. The second-order valence-electron chi connectivity index (χ2n) is 4.29. The molecule has 0 saturated carbocycles. The first kappa shape index (κ1) is 15.3. The topological polar surface area (TPSA) is 64.6 Å². The fraction of sp³-hybridized carbons (Fsp3) is 0.200. The number of benzene rings is 2. The molecule has 0 atom stereocenters. The molecule has 0 aromatic heterocycles. The molecule has 2 rings (SSSR count). The maximum Gasteiger partial charge on any atom is 0.261 e. The molecule has 0 bridgehead atoms. The molecule has 2 aromatic rings. The molecule has 1 N–H and O–H groups in total. The van der Waals surface area contributed by atoms with Crippen molar-refractivity contribution in [3.8, 4) is 5.75 Å². The Bertz CT molecular complexity index is 671. The average molecular weight is 307 g/mol. The monoisotopic (exact) mass is 307 g/mol. The minimum atomic E-state index is -3.59. The van der Waals surface area contributed by atoms with Crippen LogP contribution >= 0.6 is 0 Å². The minimum Gasteiger partial charge on any atom is -0.491 e. The standard InChI is InChI=1S/C15H17NO4S/c1-19-10-11-20-14-7-5-6-13(12-14)16-21(17,18)15-8-3-2-4-9-15/h2-9,12,16H,10-11H2,1H3. The van der Waals surface area contributed by atoms with E-state index >= 15 is 0 Å². The number of ether oxygens (including phenoxy) is 2. The molecule has 112 valence electrons. The van der Waals surface area contributed by atoms with Crippen LogP contribution in [0.4, 0.5) is 5.69 Å². The predicted molar refractivity (Wildman–Crippen MR) is 81.1 cm³/mol. The van der Waals surface area contributed by atoms with Gasteiger partial charge >= 0.3 is 0 Å². The summed E-state index contributed by atoms with van der Waals surface area (Å²) in [7, 11) is -1.99. The highest BCUT2D eigenvalue weighted by Crippen LogP contribution is 2.20. The lowest BCUT2D eigenvalue weighted by atomic mass is 10.3. The van der Waals surface area contributed by atoms with Gasteiger partial charge in [0.2, 0.25) is 0 Å². The summed E-state index contributed by atoms with van der Waals surface area (Å²) < 4.78 is 37.3. The second-order valence-corrected chi connectivity index (χ2v) is 5.97. The lowest BCUT2D eigenvalue weighted by molar-refractivity contribution is 0.146. The summed E-state index contributed by atoms with van der Waals surface area (Å²) in [5, 5.41) is 0. The molecule has 0 fully saturated rings. The molecule has 2 aromatic carbocycles. The molecule has 5 nitrogen and oxygen atoms in total. The van der Waals surface area contributed by atoms with Crippen molar-refractivity contribution in [2.24, 2.45) is 0 Å². The van der Waals surface area contributed by atoms with Crippen LogP contribution in [-0.2, 0) is 14.8 Å². The molecule has 21 heavy (non-hydrogen) atoms. The van der Waals surface area contributed by atoms with Gasteiger partial charge < -0.3 is 9.47 Å². The Hall–Kier alpha value is -2.05. The number of hydrogen-bond acceptors (Lipinski definition) is 4. The van der Waals surface area contributed by atoms with Crippen molar-refractivity contribution < 1.29 is 17.9 Å². The summed E-state index contributed by atoms with van der Waals surface area (Å²) in [4.78, 5) is 0.218. The Morgan fingerprint density at radius 3 is 2.48 bits per heavy atom. The van der Waals surface area contributed by atoms with Crippen LogP contribution < -0.4 is 9.46 Å². The highest BCUT2D eigenvalue weighted by Gasteiger charge is 2.13. The summed E-state index contributed by atoms with van der Waals surface area (Å²) in [5.41, 5.74) is 0.453. The lowest BCUT2D eigenvalue weighted by Gasteiger charge is -2.10. The fourth-order valence-electron chi connectivity index (χ4n) is 1.71. The van der Waals surface area contributed by atoms with Gasteiger partial charge in [0.25, 0.3) is 10.0 Å². The fourth-order valence-corrected chi connectivity index (χ4v) is 2.78. The van der Waals surface area contributed by atoms with Gasteiger partial charge in [-0.05, 0) is 24.3 Å². The summed E-state index contributed by atoms with van der Waals surface area (Å²) >= 11 is 0. The molecule has 0 spiro atoms. The zero-order valence-corrected chi connectivity index (χ0v) is 12.5. The van der Waals surface area contributed by atoms with Gasteiger partial charge in [-0.1, -0.05) is 24.3 Å².